The molecule has 3 aromatic carbocycles. The van der Waals surface area contributed by atoms with Crippen LogP contribution < -0.4 is 9.47 Å². The number of ether oxygens (including phenoxy) is 2. The SMILES string of the molecule is COc1cc(CC(=O)N(CC(=O)O)Cc2cccc(F)c2F)cc2c1O[C@@H](c1ccc(Cl)cc1)[C@H](C)C2. The Hall–Kier alpha value is -3.65. The molecule has 4 rings (SSSR count). The molecule has 37 heavy (non-hydrogen) atoms. The van der Waals surface area contributed by atoms with E-state index in [0.29, 0.717) is 28.5 Å². The molecule has 0 bridgehead atoms. The number of carboxylic acids is 1. The summed E-state index contributed by atoms with van der Waals surface area (Å²) in [5.41, 5.74) is 2.34. The molecule has 3 aromatic rings. The van der Waals surface area contributed by atoms with Gasteiger partial charge >= 0.3 is 5.97 Å². The minimum Gasteiger partial charge on any atom is -0.493 e. The molecule has 0 saturated heterocycles. The molecule has 6 nitrogen and oxygen atoms in total. The fourth-order valence-electron chi connectivity index (χ4n) is 4.57. The summed E-state index contributed by atoms with van der Waals surface area (Å²) in [5, 5.41) is 9.93. The maximum Gasteiger partial charge on any atom is 0.323 e. The zero-order valence-corrected chi connectivity index (χ0v) is 21.1. The van der Waals surface area contributed by atoms with E-state index in [2.05, 4.69) is 6.92 Å². The first kappa shape index (κ1) is 26.4. The van der Waals surface area contributed by atoms with Gasteiger partial charge in [0.05, 0.1) is 13.5 Å². The zero-order valence-electron chi connectivity index (χ0n) is 20.3. The molecule has 0 unspecified atom stereocenters. The van der Waals surface area contributed by atoms with Gasteiger partial charge < -0.3 is 19.5 Å². The Morgan fingerprint density at radius 2 is 1.89 bits per heavy atom. The van der Waals surface area contributed by atoms with Crippen LogP contribution in [0.25, 0.3) is 0 Å². The standard InChI is InChI=1S/C28H26ClF2NO5/c1-16-10-20-11-17(12-23(36-2)28(20)37-27(16)18-6-8-21(29)9-7-18)13-24(33)32(15-25(34)35)14-19-4-3-5-22(30)26(19)31/h3-9,11-12,16,27H,10,13-15H2,1-2H3,(H,34,35)/t16-,27-/m1/s1. The van der Waals surface area contributed by atoms with Gasteiger partial charge in [-0.05, 0) is 47.4 Å². The van der Waals surface area contributed by atoms with Crippen molar-refractivity contribution in [1.82, 2.24) is 4.90 Å². The Balaban J connectivity index is 1.58. The van der Waals surface area contributed by atoms with E-state index < -0.39 is 30.1 Å². The molecule has 1 N–H and O–H groups in total. The largest absolute Gasteiger partial charge is 0.493 e. The smallest absolute Gasteiger partial charge is 0.323 e. The van der Waals surface area contributed by atoms with Gasteiger partial charge in [-0.15, -0.1) is 0 Å². The van der Waals surface area contributed by atoms with Crippen LogP contribution in [0.15, 0.2) is 54.6 Å². The number of fused-ring (bicyclic) bond motifs is 1. The molecule has 0 aliphatic carbocycles. The van der Waals surface area contributed by atoms with Crippen molar-refractivity contribution in [2.45, 2.75) is 32.4 Å². The summed E-state index contributed by atoms with van der Waals surface area (Å²) in [7, 11) is 1.50. The van der Waals surface area contributed by atoms with Gasteiger partial charge in [0.25, 0.3) is 0 Å². The summed E-state index contributed by atoms with van der Waals surface area (Å²) in [5.74, 6) is -2.83. The number of amides is 1. The molecule has 2 atom stereocenters. The molecule has 9 heteroatoms. The highest BCUT2D eigenvalue weighted by atomic mass is 35.5. The molecule has 194 valence electrons. The number of hydrogen-bond acceptors (Lipinski definition) is 4. The van der Waals surface area contributed by atoms with Crippen molar-refractivity contribution in [1.29, 1.82) is 0 Å². The second kappa shape index (κ2) is 11.2. The van der Waals surface area contributed by atoms with E-state index in [-0.39, 0.29) is 30.6 Å². The summed E-state index contributed by atoms with van der Waals surface area (Å²) in [6.07, 6.45) is 0.301. The molecular formula is C28H26ClF2NO5. The number of nitrogens with zero attached hydrogens (tertiary/aromatic N) is 1. The fourth-order valence-corrected chi connectivity index (χ4v) is 4.69. The monoisotopic (exact) mass is 529 g/mol. The van der Waals surface area contributed by atoms with E-state index in [1.807, 2.05) is 30.3 Å². The number of rotatable bonds is 8. The first-order valence-electron chi connectivity index (χ1n) is 11.7. The van der Waals surface area contributed by atoms with E-state index in [1.165, 1.54) is 19.2 Å². The predicted octanol–water partition coefficient (Wildman–Crippen LogP) is 5.60. The van der Waals surface area contributed by atoms with Crippen molar-refractivity contribution >= 4 is 23.5 Å². The predicted molar refractivity (Wildman–Crippen MR) is 134 cm³/mol. The van der Waals surface area contributed by atoms with E-state index in [4.69, 9.17) is 21.1 Å². The average Bonchev–Trinajstić information content (AvgIpc) is 2.85. The van der Waals surface area contributed by atoms with Gasteiger partial charge in [-0.25, -0.2) is 8.78 Å². The van der Waals surface area contributed by atoms with Crippen LogP contribution in [-0.2, 0) is 29.0 Å². The van der Waals surface area contributed by atoms with Crippen LogP contribution in [0, 0.1) is 17.6 Å². The van der Waals surface area contributed by atoms with Gasteiger partial charge in [-0.3, -0.25) is 9.59 Å². The second-order valence-electron chi connectivity index (χ2n) is 9.09. The minimum absolute atomic E-state index is 0.104. The summed E-state index contributed by atoms with van der Waals surface area (Å²) in [6, 6.07) is 14.6. The molecule has 0 saturated carbocycles. The molecule has 0 fully saturated rings. The molecule has 0 aromatic heterocycles. The van der Waals surface area contributed by atoms with Crippen LogP contribution in [0.3, 0.4) is 0 Å². The van der Waals surface area contributed by atoms with E-state index >= 15 is 0 Å². The van der Waals surface area contributed by atoms with Gasteiger partial charge in [0.1, 0.15) is 12.6 Å². The van der Waals surface area contributed by atoms with Crippen LogP contribution in [0.2, 0.25) is 5.02 Å². The summed E-state index contributed by atoms with van der Waals surface area (Å²) >= 11 is 6.02. The van der Waals surface area contributed by atoms with Crippen molar-refractivity contribution in [2.75, 3.05) is 13.7 Å². The lowest BCUT2D eigenvalue weighted by Crippen LogP contribution is -2.36. The van der Waals surface area contributed by atoms with Crippen LogP contribution in [0.4, 0.5) is 8.78 Å². The zero-order chi connectivity index (χ0) is 26.7. The number of hydrogen-bond donors (Lipinski definition) is 1. The highest BCUT2D eigenvalue weighted by molar-refractivity contribution is 6.30. The average molecular weight is 530 g/mol. The summed E-state index contributed by atoms with van der Waals surface area (Å²) < 4.78 is 39.7. The highest BCUT2D eigenvalue weighted by Gasteiger charge is 2.31. The lowest BCUT2D eigenvalue weighted by molar-refractivity contribution is -0.144. The quantitative estimate of drug-likeness (QED) is 0.411. The van der Waals surface area contributed by atoms with Crippen LogP contribution in [0.5, 0.6) is 11.5 Å². The Morgan fingerprint density at radius 1 is 1.16 bits per heavy atom. The molecule has 1 amide bonds. The summed E-state index contributed by atoms with van der Waals surface area (Å²) in [6.45, 7) is 1.04. The Kier molecular flexibility index (Phi) is 7.97. The third kappa shape index (κ3) is 6.02. The molecule has 1 aliphatic heterocycles. The topological polar surface area (TPSA) is 76.1 Å². The Bertz CT molecular complexity index is 1310. The van der Waals surface area contributed by atoms with Gasteiger partial charge in [-0.2, -0.15) is 0 Å². The first-order chi connectivity index (χ1) is 17.7. The number of methoxy groups -OCH3 is 1. The lowest BCUT2D eigenvalue weighted by atomic mass is 9.87. The molecule has 0 radical (unpaired) electrons. The second-order valence-corrected chi connectivity index (χ2v) is 9.53. The molecule has 1 heterocycles. The number of carboxylic acid groups (broad SMARTS) is 1. The normalized spacial score (nSPS) is 16.5. The van der Waals surface area contributed by atoms with E-state index in [0.717, 1.165) is 22.1 Å². The van der Waals surface area contributed by atoms with Crippen molar-refractivity contribution in [3.05, 3.63) is 93.5 Å². The number of benzene rings is 3. The van der Waals surface area contributed by atoms with Crippen molar-refractivity contribution in [2.24, 2.45) is 5.92 Å². The van der Waals surface area contributed by atoms with Gasteiger partial charge in [0, 0.05) is 23.0 Å². The molecule has 1 aliphatic rings. The van der Waals surface area contributed by atoms with Gasteiger partial charge in [-0.1, -0.05) is 48.9 Å². The number of aliphatic carboxylic acids is 1. The summed E-state index contributed by atoms with van der Waals surface area (Å²) in [4.78, 5) is 25.5. The number of carbonyl (C=O) groups is 2. The highest BCUT2D eigenvalue weighted by Crippen LogP contribution is 2.44. The van der Waals surface area contributed by atoms with Crippen molar-refractivity contribution < 1.29 is 33.0 Å². The molecular weight excluding hydrogens is 504 g/mol. The Labute approximate surface area is 218 Å². The van der Waals surface area contributed by atoms with E-state index in [9.17, 15) is 23.5 Å². The third-order valence-corrected chi connectivity index (χ3v) is 6.59. The van der Waals surface area contributed by atoms with Gasteiger partial charge in [0.15, 0.2) is 23.1 Å². The lowest BCUT2D eigenvalue weighted by Gasteiger charge is -2.33. The van der Waals surface area contributed by atoms with Crippen molar-refractivity contribution in [3.8, 4) is 11.5 Å². The fraction of sp³-hybridized carbons (Fsp3) is 0.286. The number of carbonyl (C=O) groups excluding carboxylic acids is 1. The Morgan fingerprint density at radius 3 is 2.57 bits per heavy atom. The third-order valence-electron chi connectivity index (χ3n) is 6.34. The maximum atomic E-state index is 14.2. The van der Waals surface area contributed by atoms with E-state index in [1.54, 1.807) is 6.07 Å². The molecule has 0 spiro atoms. The van der Waals surface area contributed by atoms with Crippen LogP contribution in [0.1, 0.15) is 35.3 Å². The van der Waals surface area contributed by atoms with Gasteiger partial charge in [0.2, 0.25) is 5.91 Å². The minimum atomic E-state index is -1.26. The van der Waals surface area contributed by atoms with Crippen LogP contribution >= 0.6 is 11.6 Å². The maximum absolute atomic E-state index is 14.2. The van der Waals surface area contributed by atoms with Crippen molar-refractivity contribution in [3.63, 3.8) is 0 Å². The number of halogens is 3. The van der Waals surface area contributed by atoms with Crippen LogP contribution in [-0.4, -0.2) is 35.5 Å². The first-order valence-corrected chi connectivity index (χ1v) is 12.1.